The molecule has 1 aromatic heterocycles. The van der Waals surface area contributed by atoms with Gasteiger partial charge < -0.3 is 5.32 Å². The number of hydrogen-bond donors (Lipinski definition) is 2. The molecule has 0 radical (unpaired) electrons. The van der Waals surface area contributed by atoms with E-state index in [0.717, 1.165) is 10.2 Å². The molecule has 0 unspecified atom stereocenters. The molecule has 9 heteroatoms. The van der Waals surface area contributed by atoms with E-state index < -0.39 is 10.0 Å². The molecular weight excluding hydrogens is 396 g/mol. The van der Waals surface area contributed by atoms with Gasteiger partial charge in [-0.1, -0.05) is 0 Å². The van der Waals surface area contributed by atoms with E-state index in [-0.39, 0.29) is 10.8 Å². The zero-order valence-corrected chi connectivity index (χ0v) is 15.8. The molecule has 1 aromatic carbocycles. The zero-order valence-electron chi connectivity index (χ0n) is 13.4. The summed E-state index contributed by atoms with van der Waals surface area (Å²) < 4.78 is 29.7. The SMILES string of the molecule is CC(=O)Nc1ccc(S(=O)(=O)NCCCn2cc(Br)c(C)n2)cc1. The number of aryl methyl sites for hydroxylation is 2. The molecule has 0 aliphatic rings. The zero-order chi connectivity index (χ0) is 17.7. The number of hydrogen-bond acceptors (Lipinski definition) is 4. The Morgan fingerprint density at radius 2 is 1.96 bits per heavy atom. The third kappa shape index (κ3) is 5.15. The fourth-order valence-electron chi connectivity index (χ4n) is 2.06. The van der Waals surface area contributed by atoms with Crippen LogP contribution in [-0.2, 0) is 21.4 Å². The van der Waals surface area contributed by atoms with E-state index >= 15 is 0 Å². The molecule has 0 aliphatic carbocycles. The average Bonchev–Trinajstić information content (AvgIpc) is 2.82. The van der Waals surface area contributed by atoms with Crippen molar-refractivity contribution in [3.63, 3.8) is 0 Å². The molecule has 0 saturated heterocycles. The number of halogens is 1. The molecule has 24 heavy (non-hydrogen) atoms. The van der Waals surface area contributed by atoms with E-state index in [4.69, 9.17) is 0 Å². The first-order chi connectivity index (χ1) is 11.3. The van der Waals surface area contributed by atoms with E-state index in [1.54, 1.807) is 16.8 Å². The highest BCUT2D eigenvalue weighted by Gasteiger charge is 2.13. The second kappa shape index (κ2) is 7.91. The predicted molar refractivity (Wildman–Crippen MR) is 95.2 cm³/mol. The summed E-state index contributed by atoms with van der Waals surface area (Å²) in [6, 6.07) is 6.03. The lowest BCUT2D eigenvalue weighted by Gasteiger charge is -2.08. The number of benzene rings is 1. The monoisotopic (exact) mass is 414 g/mol. The van der Waals surface area contributed by atoms with Crippen molar-refractivity contribution >= 4 is 37.5 Å². The Morgan fingerprint density at radius 3 is 2.50 bits per heavy atom. The lowest BCUT2D eigenvalue weighted by Crippen LogP contribution is -2.25. The third-order valence-electron chi connectivity index (χ3n) is 3.23. The molecule has 0 fully saturated rings. The lowest BCUT2D eigenvalue weighted by atomic mass is 10.3. The van der Waals surface area contributed by atoms with Crippen LogP contribution in [0.15, 0.2) is 39.8 Å². The van der Waals surface area contributed by atoms with E-state index in [9.17, 15) is 13.2 Å². The fourth-order valence-corrected chi connectivity index (χ4v) is 3.45. The van der Waals surface area contributed by atoms with Crippen molar-refractivity contribution in [1.82, 2.24) is 14.5 Å². The van der Waals surface area contributed by atoms with Crippen molar-refractivity contribution in [3.05, 3.63) is 40.6 Å². The molecule has 0 bridgehead atoms. The van der Waals surface area contributed by atoms with Crippen LogP contribution in [0.1, 0.15) is 19.0 Å². The molecule has 7 nitrogen and oxygen atoms in total. The molecule has 2 N–H and O–H groups in total. The van der Waals surface area contributed by atoms with Gasteiger partial charge in [0.15, 0.2) is 0 Å². The van der Waals surface area contributed by atoms with Gasteiger partial charge in [0.2, 0.25) is 15.9 Å². The number of rotatable bonds is 7. The first kappa shape index (κ1) is 18.6. The van der Waals surface area contributed by atoms with E-state index in [2.05, 4.69) is 31.1 Å². The molecule has 2 aromatic rings. The van der Waals surface area contributed by atoms with E-state index in [1.165, 1.54) is 19.1 Å². The van der Waals surface area contributed by atoms with Crippen LogP contribution in [0.3, 0.4) is 0 Å². The second-order valence-electron chi connectivity index (χ2n) is 5.28. The Bertz CT molecular complexity index is 796. The first-order valence-electron chi connectivity index (χ1n) is 7.35. The summed E-state index contributed by atoms with van der Waals surface area (Å²) >= 11 is 3.39. The largest absolute Gasteiger partial charge is 0.326 e. The van der Waals surface area contributed by atoms with Gasteiger partial charge in [-0.15, -0.1) is 0 Å². The summed E-state index contributed by atoms with van der Waals surface area (Å²) in [4.78, 5) is 11.1. The standard InChI is InChI=1S/C15H19BrN4O3S/c1-11-15(16)10-20(19-11)9-3-8-17-24(22,23)14-6-4-13(5-7-14)18-12(2)21/h4-7,10,17H,3,8-9H2,1-2H3,(H,18,21). The van der Waals surface area contributed by atoms with Crippen molar-refractivity contribution in [2.45, 2.75) is 31.7 Å². The minimum absolute atomic E-state index is 0.161. The van der Waals surface area contributed by atoms with Gasteiger partial charge in [0.1, 0.15) is 0 Å². The van der Waals surface area contributed by atoms with Crippen molar-refractivity contribution in [1.29, 1.82) is 0 Å². The fraction of sp³-hybridized carbons (Fsp3) is 0.333. The van der Waals surface area contributed by atoms with Crippen LogP contribution in [0.4, 0.5) is 5.69 Å². The van der Waals surface area contributed by atoms with Crippen LogP contribution in [0.5, 0.6) is 0 Å². The maximum atomic E-state index is 12.2. The van der Waals surface area contributed by atoms with Gasteiger partial charge in [0.25, 0.3) is 0 Å². The summed E-state index contributed by atoms with van der Waals surface area (Å²) in [5.74, 6) is -0.204. The van der Waals surface area contributed by atoms with Crippen LogP contribution in [0.2, 0.25) is 0 Å². The normalized spacial score (nSPS) is 11.5. The number of nitrogens with zero attached hydrogens (tertiary/aromatic N) is 2. The lowest BCUT2D eigenvalue weighted by molar-refractivity contribution is -0.114. The summed E-state index contributed by atoms with van der Waals surface area (Å²) in [6.45, 7) is 4.22. The second-order valence-corrected chi connectivity index (χ2v) is 7.90. The highest BCUT2D eigenvalue weighted by atomic mass is 79.9. The van der Waals surface area contributed by atoms with Gasteiger partial charge in [0, 0.05) is 31.9 Å². The third-order valence-corrected chi connectivity index (χ3v) is 5.48. The highest BCUT2D eigenvalue weighted by Crippen LogP contribution is 2.15. The van der Waals surface area contributed by atoms with Crippen molar-refractivity contribution in [2.24, 2.45) is 0 Å². The maximum absolute atomic E-state index is 12.2. The maximum Gasteiger partial charge on any atom is 0.240 e. The van der Waals surface area contributed by atoms with Crippen LogP contribution in [0.25, 0.3) is 0 Å². The van der Waals surface area contributed by atoms with Gasteiger partial charge >= 0.3 is 0 Å². The Hall–Kier alpha value is -1.71. The summed E-state index contributed by atoms with van der Waals surface area (Å²) in [6.07, 6.45) is 2.49. The molecule has 1 heterocycles. The van der Waals surface area contributed by atoms with Crippen molar-refractivity contribution < 1.29 is 13.2 Å². The molecular formula is C15H19BrN4O3S. The van der Waals surface area contributed by atoms with Gasteiger partial charge in [0.05, 0.1) is 15.1 Å². The molecule has 0 saturated carbocycles. The summed E-state index contributed by atoms with van der Waals surface area (Å²) in [5, 5.41) is 6.89. The minimum atomic E-state index is -3.56. The molecule has 1 amide bonds. The van der Waals surface area contributed by atoms with Crippen LogP contribution in [-0.4, -0.2) is 30.7 Å². The predicted octanol–water partition coefficient (Wildman–Crippen LogP) is 2.28. The number of nitrogens with one attached hydrogen (secondary N) is 2. The van der Waals surface area contributed by atoms with Crippen LogP contribution in [0, 0.1) is 6.92 Å². The summed E-state index contributed by atoms with van der Waals surface area (Å²) in [7, 11) is -3.56. The van der Waals surface area contributed by atoms with E-state index in [1.807, 2.05) is 13.1 Å². The Morgan fingerprint density at radius 1 is 1.29 bits per heavy atom. The Balaban J connectivity index is 1.87. The average molecular weight is 415 g/mol. The summed E-state index contributed by atoms with van der Waals surface area (Å²) in [5.41, 5.74) is 1.45. The molecule has 0 aliphatic heterocycles. The Kier molecular flexibility index (Phi) is 6.14. The molecule has 2 rings (SSSR count). The number of sulfonamides is 1. The van der Waals surface area contributed by atoms with E-state index in [0.29, 0.717) is 25.2 Å². The number of anilines is 1. The van der Waals surface area contributed by atoms with Gasteiger partial charge in [-0.05, 0) is 53.5 Å². The molecule has 0 atom stereocenters. The van der Waals surface area contributed by atoms with Gasteiger partial charge in [-0.2, -0.15) is 5.10 Å². The Labute approximate surface area is 149 Å². The first-order valence-corrected chi connectivity index (χ1v) is 9.62. The van der Waals surface area contributed by atoms with Gasteiger partial charge in [-0.3, -0.25) is 9.48 Å². The highest BCUT2D eigenvalue weighted by molar-refractivity contribution is 9.10. The van der Waals surface area contributed by atoms with Gasteiger partial charge in [-0.25, -0.2) is 13.1 Å². The number of amides is 1. The quantitative estimate of drug-likeness (QED) is 0.679. The van der Waals surface area contributed by atoms with Crippen molar-refractivity contribution in [2.75, 3.05) is 11.9 Å². The minimum Gasteiger partial charge on any atom is -0.326 e. The van der Waals surface area contributed by atoms with Crippen LogP contribution < -0.4 is 10.0 Å². The van der Waals surface area contributed by atoms with Crippen LogP contribution >= 0.6 is 15.9 Å². The number of carbonyl (C=O) groups is 1. The topological polar surface area (TPSA) is 93.1 Å². The number of aromatic nitrogens is 2. The van der Waals surface area contributed by atoms with Crippen molar-refractivity contribution in [3.8, 4) is 0 Å². The molecule has 0 spiro atoms. The molecule has 130 valence electrons. The number of carbonyl (C=O) groups excluding carboxylic acids is 1. The smallest absolute Gasteiger partial charge is 0.240 e.